The van der Waals surface area contributed by atoms with Crippen LogP contribution < -0.4 is 0 Å². The van der Waals surface area contributed by atoms with Gasteiger partial charge in [-0.1, -0.05) is 22.5 Å². The molecule has 0 aliphatic carbocycles. The van der Waals surface area contributed by atoms with Crippen LogP contribution in [0.1, 0.15) is 10.4 Å². The van der Waals surface area contributed by atoms with Gasteiger partial charge in [-0.2, -0.15) is 0 Å². The van der Waals surface area contributed by atoms with Crippen molar-refractivity contribution in [2.45, 2.75) is 4.90 Å². The SMILES string of the molecule is C=C(Br)CS(=O)(=O)c1cc(C(=O)O)ccc1Br. The standard InChI is InChI=1S/C10H8Br2O4S/c1-6(11)5-17(15,16)9-4-7(10(13)14)2-3-8(9)12/h2-4H,1,5H2,(H,13,14). The minimum absolute atomic E-state index is 0.0574. The number of carboxylic acid groups (broad SMARTS) is 1. The van der Waals surface area contributed by atoms with Gasteiger partial charge in [-0.15, -0.1) is 0 Å². The molecule has 0 amide bonds. The lowest BCUT2D eigenvalue weighted by molar-refractivity contribution is 0.0696. The Morgan fingerprint density at radius 1 is 1.41 bits per heavy atom. The third-order valence-corrected chi connectivity index (χ3v) is 5.20. The van der Waals surface area contributed by atoms with Crippen LogP contribution in [0, 0.1) is 0 Å². The molecule has 0 heterocycles. The van der Waals surface area contributed by atoms with E-state index in [1.54, 1.807) is 0 Å². The number of carboxylic acids is 1. The highest BCUT2D eigenvalue weighted by molar-refractivity contribution is 9.11. The molecule has 0 aliphatic heterocycles. The first-order valence-electron chi connectivity index (χ1n) is 4.33. The Balaban J connectivity index is 3.35. The minimum atomic E-state index is -3.60. The van der Waals surface area contributed by atoms with Crippen molar-refractivity contribution in [3.05, 3.63) is 39.3 Å². The first kappa shape index (κ1) is 14.4. The molecular formula is C10H8Br2O4S. The highest BCUT2D eigenvalue weighted by atomic mass is 79.9. The van der Waals surface area contributed by atoms with Crippen LogP contribution in [0.4, 0.5) is 0 Å². The van der Waals surface area contributed by atoms with Crippen molar-refractivity contribution in [3.8, 4) is 0 Å². The number of rotatable bonds is 4. The maximum Gasteiger partial charge on any atom is 0.335 e. The molecule has 17 heavy (non-hydrogen) atoms. The average Bonchev–Trinajstić information content (AvgIpc) is 2.15. The molecule has 0 aliphatic rings. The van der Waals surface area contributed by atoms with Crippen molar-refractivity contribution >= 4 is 47.7 Å². The molecule has 0 fully saturated rings. The molecule has 4 nitrogen and oxygen atoms in total. The smallest absolute Gasteiger partial charge is 0.335 e. The van der Waals surface area contributed by atoms with Crippen molar-refractivity contribution in [2.24, 2.45) is 0 Å². The molecular weight excluding hydrogens is 376 g/mol. The Kier molecular flexibility index (Phi) is 4.51. The van der Waals surface area contributed by atoms with Gasteiger partial charge in [-0.25, -0.2) is 13.2 Å². The molecule has 0 saturated carbocycles. The number of carbonyl (C=O) groups is 1. The molecule has 1 aromatic rings. The molecule has 1 N–H and O–H groups in total. The molecule has 1 rings (SSSR count). The van der Waals surface area contributed by atoms with Crippen LogP contribution in [0.5, 0.6) is 0 Å². The highest BCUT2D eigenvalue weighted by Crippen LogP contribution is 2.26. The average molecular weight is 384 g/mol. The van der Waals surface area contributed by atoms with Gasteiger partial charge in [0, 0.05) is 8.96 Å². The second-order valence-corrected chi connectivity index (χ2v) is 7.16. The van der Waals surface area contributed by atoms with E-state index in [1.807, 2.05) is 0 Å². The third-order valence-electron chi connectivity index (χ3n) is 1.86. The van der Waals surface area contributed by atoms with E-state index in [4.69, 9.17) is 5.11 Å². The zero-order valence-electron chi connectivity index (χ0n) is 8.48. The van der Waals surface area contributed by atoms with Crippen LogP contribution in [-0.2, 0) is 9.84 Å². The maximum absolute atomic E-state index is 11.9. The fourth-order valence-corrected chi connectivity index (χ4v) is 4.29. The van der Waals surface area contributed by atoms with Gasteiger partial charge in [0.25, 0.3) is 0 Å². The molecule has 0 bridgehead atoms. The Morgan fingerprint density at radius 3 is 2.47 bits per heavy atom. The first-order chi connectivity index (χ1) is 7.74. The molecule has 1 aromatic carbocycles. The third kappa shape index (κ3) is 3.65. The van der Waals surface area contributed by atoms with Crippen molar-refractivity contribution in [3.63, 3.8) is 0 Å². The normalized spacial score (nSPS) is 11.2. The molecule has 92 valence electrons. The summed E-state index contributed by atoms with van der Waals surface area (Å²) in [6.07, 6.45) is 0. The predicted octanol–water partition coefficient (Wildman–Crippen LogP) is 2.83. The van der Waals surface area contributed by atoms with Crippen molar-refractivity contribution in [2.75, 3.05) is 5.75 Å². The lowest BCUT2D eigenvalue weighted by atomic mass is 10.2. The summed E-state index contributed by atoms with van der Waals surface area (Å²) in [6.45, 7) is 3.46. The van der Waals surface area contributed by atoms with Crippen LogP contribution in [0.25, 0.3) is 0 Å². The number of hydrogen-bond donors (Lipinski definition) is 1. The van der Waals surface area contributed by atoms with E-state index >= 15 is 0 Å². The van der Waals surface area contributed by atoms with Crippen molar-refractivity contribution < 1.29 is 18.3 Å². The van der Waals surface area contributed by atoms with Crippen molar-refractivity contribution in [1.29, 1.82) is 0 Å². The summed E-state index contributed by atoms with van der Waals surface area (Å²) in [5.41, 5.74) is -0.0769. The van der Waals surface area contributed by atoms with Gasteiger partial charge in [0.05, 0.1) is 16.2 Å². The lowest BCUT2D eigenvalue weighted by Gasteiger charge is -2.07. The van der Waals surface area contributed by atoms with E-state index in [2.05, 4.69) is 38.4 Å². The molecule has 0 spiro atoms. The molecule has 0 radical (unpaired) electrons. The lowest BCUT2D eigenvalue weighted by Crippen LogP contribution is -2.09. The van der Waals surface area contributed by atoms with E-state index < -0.39 is 15.8 Å². The molecule has 0 aromatic heterocycles. The highest BCUT2D eigenvalue weighted by Gasteiger charge is 2.20. The van der Waals surface area contributed by atoms with Gasteiger partial charge in [0.15, 0.2) is 9.84 Å². The molecule has 0 unspecified atom stereocenters. The summed E-state index contributed by atoms with van der Waals surface area (Å²) in [5, 5.41) is 8.81. The Bertz CT molecular complexity index is 578. The summed E-state index contributed by atoms with van der Waals surface area (Å²) < 4.78 is 24.5. The van der Waals surface area contributed by atoms with Crippen LogP contribution in [-0.4, -0.2) is 25.2 Å². The maximum atomic E-state index is 11.9. The molecule has 0 saturated heterocycles. The van der Waals surface area contributed by atoms with Gasteiger partial charge in [0.2, 0.25) is 0 Å². The van der Waals surface area contributed by atoms with Crippen molar-refractivity contribution in [1.82, 2.24) is 0 Å². The largest absolute Gasteiger partial charge is 0.478 e. The summed E-state index contributed by atoms with van der Waals surface area (Å²) in [6, 6.07) is 3.85. The van der Waals surface area contributed by atoms with E-state index in [0.717, 1.165) is 6.07 Å². The Labute approximate surface area is 116 Å². The summed E-state index contributed by atoms with van der Waals surface area (Å²) >= 11 is 6.06. The van der Waals surface area contributed by atoms with Gasteiger partial charge >= 0.3 is 5.97 Å². The van der Waals surface area contributed by atoms with Crippen LogP contribution in [0.15, 0.2) is 38.6 Å². The Hall–Kier alpha value is -0.660. The van der Waals surface area contributed by atoms with Crippen LogP contribution in [0.3, 0.4) is 0 Å². The summed E-state index contributed by atoms with van der Waals surface area (Å²) in [7, 11) is -3.60. The number of aromatic carboxylic acids is 1. The zero-order valence-corrected chi connectivity index (χ0v) is 12.5. The van der Waals surface area contributed by atoms with Gasteiger partial charge in [0.1, 0.15) is 0 Å². The summed E-state index contributed by atoms with van der Waals surface area (Å²) in [5.74, 6) is -1.46. The number of hydrogen-bond acceptors (Lipinski definition) is 3. The van der Waals surface area contributed by atoms with E-state index in [1.165, 1.54) is 12.1 Å². The van der Waals surface area contributed by atoms with E-state index in [9.17, 15) is 13.2 Å². The molecule has 0 atom stereocenters. The van der Waals surface area contributed by atoms with Gasteiger partial charge in [-0.05, 0) is 34.1 Å². The number of sulfone groups is 1. The quantitative estimate of drug-likeness (QED) is 0.867. The summed E-state index contributed by atoms with van der Waals surface area (Å²) in [4.78, 5) is 10.7. The van der Waals surface area contributed by atoms with Crippen LogP contribution in [0.2, 0.25) is 0 Å². The Morgan fingerprint density at radius 2 is 2.00 bits per heavy atom. The topological polar surface area (TPSA) is 71.4 Å². The van der Waals surface area contributed by atoms with E-state index in [0.29, 0.717) is 8.96 Å². The van der Waals surface area contributed by atoms with E-state index in [-0.39, 0.29) is 16.2 Å². The number of halogens is 2. The fourth-order valence-electron chi connectivity index (χ4n) is 1.16. The second-order valence-electron chi connectivity index (χ2n) is 3.23. The minimum Gasteiger partial charge on any atom is -0.478 e. The second kappa shape index (κ2) is 5.32. The monoisotopic (exact) mass is 382 g/mol. The fraction of sp³-hybridized carbons (Fsp3) is 0.100. The predicted molar refractivity (Wildman–Crippen MR) is 71.2 cm³/mol. The van der Waals surface area contributed by atoms with Crippen LogP contribution >= 0.6 is 31.9 Å². The first-order valence-corrected chi connectivity index (χ1v) is 7.57. The van der Waals surface area contributed by atoms with Gasteiger partial charge < -0.3 is 5.11 Å². The number of benzene rings is 1. The van der Waals surface area contributed by atoms with Gasteiger partial charge in [-0.3, -0.25) is 0 Å². The molecule has 7 heteroatoms. The zero-order chi connectivity index (χ0) is 13.2.